The Bertz CT molecular complexity index is 486. The van der Waals surface area contributed by atoms with Gasteiger partial charge >= 0.3 is 0 Å². The molecule has 2 aliphatic heterocycles. The Hall–Kier alpha value is -1.36. The van der Waals surface area contributed by atoms with Crippen molar-refractivity contribution in [1.29, 1.82) is 0 Å². The molecule has 1 atom stereocenters. The highest BCUT2D eigenvalue weighted by molar-refractivity contribution is 5.79. The van der Waals surface area contributed by atoms with E-state index in [2.05, 4.69) is 12.2 Å². The molecule has 3 rings (SSSR count). The minimum absolute atomic E-state index is 0.131. The van der Waals surface area contributed by atoms with E-state index in [1.807, 2.05) is 9.80 Å². The van der Waals surface area contributed by atoms with E-state index >= 15 is 0 Å². The average molecular weight is 320 g/mol. The molecule has 0 radical (unpaired) electrons. The molecule has 23 heavy (non-hydrogen) atoms. The van der Waals surface area contributed by atoms with Crippen molar-refractivity contribution in [2.45, 2.75) is 32.6 Å². The highest BCUT2D eigenvalue weighted by atomic mass is 16.5. The maximum atomic E-state index is 12.6. The van der Waals surface area contributed by atoms with Gasteiger partial charge in [-0.15, -0.1) is 0 Å². The lowest BCUT2D eigenvalue weighted by Gasteiger charge is -2.43. The van der Waals surface area contributed by atoms with Gasteiger partial charge in [0.2, 0.25) is 11.8 Å². The molecule has 2 saturated heterocycles. The molecule has 2 heterocycles. The lowest BCUT2D eigenvalue weighted by molar-refractivity contribution is -0.138. The van der Waals surface area contributed by atoms with Gasteiger partial charge in [0.05, 0.1) is 6.61 Å². The van der Waals surface area contributed by atoms with E-state index in [4.69, 9.17) is 4.74 Å². The van der Waals surface area contributed by atoms with Crippen molar-refractivity contribution in [2.75, 3.05) is 39.9 Å². The van der Waals surface area contributed by atoms with Crippen molar-refractivity contribution in [2.24, 2.45) is 17.3 Å². The molecule has 2 amide bonds. The van der Waals surface area contributed by atoms with E-state index in [0.717, 1.165) is 51.9 Å². The first-order valence-corrected chi connectivity index (χ1v) is 8.74. The van der Waals surface area contributed by atoms with Crippen LogP contribution in [0.5, 0.6) is 0 Å². The van der Waals surface area contributed by atoms with E-state index in [-0.39, 0.29) is 17.2 Å². The summed E-state index contributed by atoms with van der Waals surface area (Å²) in [5.41, 5.74) is 0.131. The summed E-state index contributed by atoms with van der Waals surface area (Å²) in [4.78, 5) is 28.4. The van der Waals surface area contributed by atoms with Crippen LogP contribution in [0.4, 0.5) is 0 Å². The first-order chi connectivity index (χ1) is 11.1. The lowest BCUT2D eigenvalue weighted by atomic mass is 9.71. The van der Waals surface area contributed by atoms with Gasteiger partial charge in [-0.1, -0.05) is 12.2 Å². The normalized spacial score (nSPS) is 27.1. The quantitative estimate of drug-likeness (QED) is 0.744. The second kappa shape index (κ2) is 6.63. The predicted octanol–water partition coefficient (Wildman–Crippen LogP) is 1.69. The van der Waals surface area contributed by atoms with Crippen LogP contribution in [0.15, 0.2) is 12.2 Å². The number of hydrogen-bond donors (Lipinski definition) is 0. The van der Waals surface area contributed by atoms with Gasteiger partial charge in [-0.05, 0) is 31.1 Å². The van der Waals surface area contributed by atoms with Crippen molar-refractivity contribution < 1.29 is 14.3 Å². The van der Waals surface area contributed by atoms with Gasteiger partial charge in [0.25, 0.3) is 0 Å². The second-order valence-corrected chi connectivity index (χ2v) is 7.38. The molecular formula is C18H28N2O3. The third-order valence-electron chi connectivity index (χ3n) is 6.05. The van der Waals surface area contributed by atoms with Crippen molar-refractivity contribution in [1.82, 2.24) is 9.80 Å². The van der Waals surface area contributed by atoms with Crippen molar-refractivity contribution >= 4 is 11.8 Å². The molecule has 0 aromatic heterocycles. The third-order valence-corrected chi connectivity index (χ3v) is 6.05. The average Bonchev–Trinajstić information content (AvgIpc) is 3.17. The summed E-state index contributed by atoms with van der Waals surface area (Å²) in [7, 11) is 1.73. The monoisotopic (exact) mass is 320 g/mol. The minimum atomic E-state index is 0.131. The molecule has 0 saturated carbocycles. The molecule has 2 fully saturated rings. The predicted molar refractivity (Wildman–Crippen MR) is 87.7 cm³/mol. The smallest absolute Gasteiger partial charge is 0.226 e. The van der Waals surface area contributed by atoms with Crippen molar-refractivity contribution in [3.8, 4) is 0 Å². The number of nitrogens with zero attached hydrogens (tertiary/aromatic N) is 2. The van der Waals surface area contributed by atoms with Gasteiger partial charge in [0.1, 0.15) is 0 Å². The highest BCUT2D eigenvalue weighted by Gasteiger charge is 2.49. The van der Waals surface area contributed by atoms with E-state index < -0.39 is 0 Å². The fourth-order valence-corrected chi connectivity index (χ4v) is 4.52. The summed E-state index contributed by atoms with van der Waals surface area (Å²) >= 11 is 0. The summed E-state index contributed by atoms with van der Waals surface area (Å²) in [6.07, 6.45) is 7.98. The van der Waals surface area contributed by atoms with Gasteiger partial charge < -0.3 is 14.5 Å². The summed E-state index contributed by atoms with van der Waals surface area (Å²) in [5, 5.41) is 0. The largest absolute Gasteiger partial charge is 0.384 e. The molecular weight excluding hydrogens is 292 g/mol. The van der Waals surface area contributed by atoms with Gasteiger partial charge in [-0.25, -0.2) is 0 Å². The first kappa shape index (κ1) is 16.5. The Kier molecular flexibility index (Phi) is 4.76. The van der Waals surface area contributed by atoms with Gasteiger partial charge in [0.15, 0.2) is 0 Å². The molecule has 5 heteroatoms. The topological polar surface area (TPSA) is 49.9 Å². The Balaban J connectivity index is 1.63. The molecule has 0 bridgehead atoms. The number of methoxy groups -OCH3 is 1. The number of piperidine rings is 1. The zero-order chi connectivity index (χ0) is 16.4. The van der Waals surface area contributed by atoms with Crippen LogP contribution >= 0.6 is 0 Å². The second-order valence-electron chi connectivity index (χ2n) is 7.38. The zero-order valence-electron chi connectivity index (χ0n) is 14.3. The van der Waals surface area contributed by atoms with Gasteiger partial charge in [-0.2, -0.15) is 0 Å². The van der Waals surface area contributed by atoms with Crippen LogP contribution in [0.3, 0.4) is 0 Å². The summed E-state index contributed by atoms with van der Waals surface area (Å²) in [5.74, 6) is 1.02. The number of likely N-dealkylation sites (tertiary alicyclic amines) is 2. The highest BCUT2D eigenvalue weighted by Crippen LogP contribution is 2.45. The first-order valence-electron chi connectivity index (χ1n) is 8.74. The van der Waals surface area contributed by atoms with Crippen LogP contribution < -0.4 is 0 Å². The molecule has 1 spiro atoms. The van der Waals surface area contributed by atoms with Crippen LogP contribution in [-0.4, -0.2) is 61.5 Å². The zero-order valence-corrected chi connectivity index (χ0v) is 14.3. The van der Waals surface area contributed by atoms with Gasteiger partial charge in [-0.3, -0.25) is 9.59 Å². The van der Waals surface area contributed by atoms with Crippen LogP contribution in [0, 0.1) is 17.3 Å². The van der Waals surface area contributed by atoms with Gasteiger partial charge in [0, 0.05) is 52.0 Å². The standard InChI is InChI=1S/C18H28N2O3/c1-14(21)20-11-16(12-23-2)18(13-20)7-9-19(10-8-18)17(22)15-5-3-4-6-15/h3-4,15-16H,5-13H2,1-2H3. The molecule has 0 N–H and O–H groups in total. The number of amides is 2. The Labute approximate surface area is 138 Å². The SMILES string of the molecule is COCC1CN(C(C)=O)CC12CCN(C(=O)C1CC=CC1)CC2. The molecule has 0 aromatic rings. The van der Waals surface area contributed by atoms with Crippen molar-refractivity contribution in [3.05, 3.63) is 12.2 Å². The molecule has 128 valence electrons. The van der Waals surface area contributed by atoms with Crippen LogP contribution in [-0.2, 0) is 14.3 Å². The fourth-order valence-electron chi connectivity index (χ4n) is 4.52. The lowest BCUT2D eigenvalue weighted by Crippen LogP contribution is -2.48. The Morgan fingerprint density at radius 1 is 1.17 bits per heavy atom. The van der Waals surface area contributed by atoms with Crippen LogP contribution in [0.25, 0.3) is 0 Å². The van der Waals surface area contributed by atoms with Crippen molar-refractivity contribution in [3.63, 3.8) is 0 Å². The van der Waals surface area contributed by atoms with E-state index in [0.29, 0.717) is 18.4 Å². The summed E-state index contributed by atoms with van der Waals surface area (Å²) in [6.45, 7) is 5.61. The Morgan fingerprint density at radius 3 is 2.39 bits per heavy atom. The fraction of sp³-hybridized carbons (Fsp3) is 0.778. The van der Waals surface area contributed by atoms with E-state index in [1.165, 1.54) is 0 Å². The summed E-state index contributed by atoms with van der Waals surface area (Å²) < 4.78 is 5.41. The number of carbonyl (C=O) groups excluding carboxylic acids is 2. The number of ether oxygens (including phenoxy) is 1. The van der Waals surface area contributed by atoms with E-state index in [9.17, 15) is 9.59 Å². The van der Waals surface area contributed by atoms with Crippen LogP contribution in [0.1, 0.15) is 32.6 Å². The number of allylic oxidation sites excluding steroid dienone is 2. The molecule has 1 unspecified atom stereocenters. The van der Waals surface area contributed by atoms with Crippen LogP contribution in [0.2, 0.25) is 0 Å². The Morgan fingerprint density at radius 2 is 1.83 bits per heavy atom. The number of hydrogen-bond acceptors (Lipinski definition) is 3. The maximum absolute atomic E-state index is 12.6. The number of carbonyl (C=O) groups is 2. The molecule has 3 aliphatic rings. The molecule has 0 aromatic carbocycles. The number of rotatable bonds is 3. The minimum Gasteiger partial charge on any atom is -0.384 e. The van der Waals surface area contributed by atoms with E-state index in [1.54, 1.807) is 14.0 Å². The molecule has 5 nitrogen and oxygen atoms in total. The third kappa shape index (κ3) is 3.16. The molecule has 1 aliphatic carbocycles. The summed E-state index contributed by atoms with van der Waals surface area (Å²) in [6, 6.07) is 0. The maximum Gasteiger partial charge on any atom is 0.226 e.